The fourth-order valence-corrected chi connectivity index (χ4v) is 3.67. The third-order valence-electron chi connectivity index (χ3n) is 5.50. The molecule has 0 radical (unpaired) electrons. The third kappa shape index (κ3) is 5.07. The molecule has 6 nitrogen and oxygen atoms in total. The molecule has 1 aliphatic heterocycles. The van der Waals surface area contributed by atoms with E-state index in [0.29, 0.717) is 5.75 Å². The van der Waals surface area contributed by atoms with Gasteiger partial charge in [0, 0.05) is 55.7 Å². The minimum Gasteiger partial charge on any atom is -0.508 e. The maximum Gasteiger partial charge on any atom is 0.161 e. The number of aromatic hydroxyl groups is 1. The first kappa shape index (κ1) is 20.2. The molecule has 156 valence electrons. The first-order valence-corrected chi connectivity index (χ1v) is 10.5. The van der Waals surface area contributed by atoms with Gasteiger partial charge in [-0.2, -0.15) is 0 Å². The lowest BCUT2D eigenvalue weighted by Gasteiger charge is -2.34. The van der Waals surface area contributed by atoms with Gasteiger partial charge in [-0.15, -0.1) is 0 Å². The van der Waals surface area contributed by atoms with Gasteiger partial charge >= 0.3 is 0 Å². The minimum absolute atomic E-state index is 0.293. The molecule has 0 unspecified atom stereocenters. The van der Waals surface area contributed by atoms with Crippen molar-refractivity contribution >= 4 is 11.5 Å². The molecule has 0 atom stereocenters. The second-order valence-electron chi connectivity index (χ2n) is 7.90. The van der Waals surface area contributed by atoms with Crippen LogP contribution in [-0.2, 0) is 6.42 Å². The van der Waals surface area contributed by atoms with E-state index in [-0.39, 0.29) is 0 Å². The van der Waals surface area contributed by atoms with Gasteiger partial charge in [-0.3, -0.25) is 0 Å². The summed E-state index contributed by atoms with van der Waals surface area (Å²) < 4.78 is 0. The van der Waals surface area contributed by atoms with Gasteiger partial charge in [-0.1, -0.05) is 12.1 Å². The van der Waals surface area contributed by atoms with Gasteiger partial charge in [-0.25, -0.2) is 9.97 Å². The highest BCUT2D eigenvalue weighted by molar-refractivity contribution is 5.62. The number of aryl methyl sites for hydroxylation is 1. The number of piperazine rings is 1. The molecule has 3 aromatic rings. The van der Waals surface area contributed by atoms with Gasteiger partial charge in [0.15, 0.2) is 5.82 Å². The molecule has 0 saturated carbocycles. The Balaban J connectivity index is 1.41. The number of phenolic OH excluding ortho intramolecular Hbond substituents is 1. The van der Waals surface area contributed by atoms with Gasteiger partial charge in [0.25, 0.3) is 0 Å². The van der Waals surface area contributed by atoms with Crippen molar-refractivity contribution in [3.63, 3.8) is 0 Å². The summed E-state index contributed by atoms with van der Waals surface area (Å²) in [6.07, 6.45) is 0.860. The SMILES string of the molecule is Cc1cc(NCCc2ccc(O)cc2)nc(-c2ccc(N3CCN(C)CC3)cc2)n1. The molecule has 1 aliphatic rings. The summed E-state index contributed by atoms with van der Waals surface area (Å²) in [6, 6.07) is 17.9. The van der Waals surface area contributed by atoms with Crippen LogP contribution in [0.4, 0.5) is 11.5 Å². The molecule has 1 aromatic heterocycles. The number of benzene rings is 2. The molecule has 4 rings (SSSR count). The van der Waals surface area contributed by atoms with Gasteiger partial charge < -0.3 is 20.2 Å². The second-order valence-corrected chi connectivity index (χ2v) is 7.90. The van der Waals surface area contributed by atoms with E-state index in [1.807, 2.05) is 25.1 Å². The highest BCUT2D eigenvalue weighted by Crippen LogP contribution is 2.23. The number of likely N-dealkylation sites (N-methyl/N-ethyl adjacent to an activating group) is 1. The van der Waals surface area contributed by atoms with E-state index < -0.39 is 0 Å². The molecule has 2 heterocycles. The molecule has 0 aliphatic carbocycles. The first-order chi connectivity index (χ1) is 14.6. The number of phenols is 1. The largest absolute Gasteiger partial charge is 0.508 e. The van der Waals surface area contributed by atoms with E-state index in [2.05, 4.69) is 51.4 Å². The fourth-order valence-electron chi connectivity index (χ4n) is 3.67. The zero-order chi connectivity index (χ0) is 20.9. The van der Waals surface area contributed by atoms with Crippen LogP contribution >= 0.6 is 0 Å². The Morgan fingerprint density at radius 1 is 0.933 bits per heavy atom. The molecule has 2 aromatic carbocycles. The quantitative estimate of drug-likeness (QED) is 0.656. The lowest BCUT2D eigenvalue weighted by Crippen LogP contribution is -2.44. The van der Waals surface area contributed by atoms with Crippen molar-refractivity contribution in [1.82, 2.24) is 14.9 Å². The lowest BCUT2D eigenvalue weighted by molar-refractivity contribution is 0.313. The van der Waals surface area contributed by atoms with E-state index in [1.54, 1.807) is 12.1 Å². The Morgan fingerprint density at radius 2 is 1.63 bits per heavy atom. The van der Waals surface area contributed by atoms with Crippen LogP contribution in [0.3, 0.4) is 0 Å². The van der Waals surface area contributed by atoms with Gasteiger partial charge in [0.1, 0.15) is 11.6 Å². The summed E-state index contributed by atoms with van der Waals surface area (Å²) in [7, 11) is 2.17. The smallest absolute Gasteiger partial charge is 0.161 e. The average Bonchev–Trinajstić information content (AvgIpc) is 2.75. The van der Waals surface area contributed by atoms with Crippen molar-refractivity contribution < 1.29 is 5.11 Å². The molecule has 0 bridgehead atoms. The molecule has 30 heavy (non-hydrogen) atoms. The van der Waals surface area contributed by atoms with Crippen LogP contribution in [0.15, 0.2) is 54.6 Å². The van der Waals surface area contributed by atoms with Crippen molar-refractivity contribution in [2.24, 2.45) is 0 Å². The fraction of sp³-hybridized carbons (Fsp3) is 0.333. The zero-order valence-electron chi connectivity index (χ0n) is 17.7. The molecule has 1 saturated heterocycles. The van der Waals surface area contributed by atoms with Crippen molar-refractivity contribution in [2.45, 2.75) is 13.3 Å². The summed E-state index contributed by atoms with van der Waals surface area (Å²) in [4.78, 5) is 14.1. The van der Waals surface area contributed by atoms with Gasteiger partial charge in [0.2, 0.25) is 0 Å². The minimum atomic E-state index is 0.293. The Labute approximate surface area is 178 Å². The van der Waals surface area contributed by atoms with E-state index in [4.69, 9.17) is 4.98 Å². The summed E-state index contributed by atoms with van der Waals surface area (Å²) >= 11 is 0. The van der Waals surface area contributed by atoms with Gasteiger partial charge in [0.05, 0.1) is 0 Å². The predicted molar refractivity (Wildman–Crippen MR) is 122 cm³/mol. The van der Waals surface area contributed by atoms with E-state index in [1.165, 1.54) is 11.3 Å². The third-order valence-corrected chi connectivity index (χ3v) is 5.50. The summed E-state index contributed by atoms with van der Waals surface area (Å²) in [5, 5.41) is 12.8. The maximum atomic E-state index is 9.39. The lowest BCUT2D eigenvalue weighted by atomic mass is 10.1. The van der Waals surface area contributed by atoms with Crippen LogP contribution in [0.1, 0.15) is 11.3 Å². The Hall–Kier alpha value is -3.12. The highest BCUT2D eigenvalue weighted by atomic mass is 16.3. The molecule has 6 heteroatoms. The van der Waals surface area contributed by atoms with Crippen molar-refractivity contribution in [1.29, 1.82) is 0 Å². The number of nitrogens with zero attached hydrogens (tertiary/aromatic N) is 4. The number of anilines is 2. The Morgan fingerprint density at radius 3 is 2.33 bits per heavy atom. The number of hydrogen-bond acceptors (Lipinski definition) is 6. The average molecular weight is 404 g/mol. The van der Waals surface area contributed by atoms with Crippen LogP contribution in [-0.4, -0.2) is 59.7 Å². The van der Waals surface area contributed by atoms with E-state index in [0.717, 1.165) is 62.0 Å². The van der Waals surface area contributed by atoms with Crippen molar-refractivity contribution in [3.8, 4) is 17.1 Å². The first-order valence-electron chi connectivity index (χ1n) is 10.5. The van der Waals surface area contributed by atoms with Gasteiger partial charge in [-0.05, 0) is 62.4 Å². The van der Waals surface area contributed by atoms with Crippen LogP contribution < -0.4 is 10.2 Å². The molecular weight excluding hydrogens is 374 g/mol. The molecule has 1 fully saturated rings. The number of rotatable bonds is 6. The number of hydrogen-bond donors (Lipinski definition) is 2. The van der Waals surface area contributed by atoms with Crippen molar-refractivity contribution in [2.75, 3.05) is 50.0 Å². The summed E-state index contributed by atoms with van der Waals surface area (Å²) in [6.45, 7) is 7.08. The van der Waals surface area contributed by atoms with E-state index >= 15 is 0 Å². The number of aromatic nitrogens is 2. The summed E-state index contributed by atoms with van der Waals surface area (Å²) in [5.41, 5.74) is 4.39. The molecule has 0 spiro atoms. The molecule has 2 N–H and O–H groups in total. The normalized spacial score (nSPS) is 14.7. The standard InChI is InChI=1S/C24H29N5O/c1-18-17-23(25-12-11-19-3-9-22(30)10-4-19)27-24(26-18)20-5-7-21(8-6-20)29-15-13-28(2)14-16-29/h3-10,17,30H,11-16H2,1-2H3,(H,25,26,27). The van der Waals surface area contributed by atoms with Crippen LogP contribution in [0.5, 0.6) is 5.75 Å². The van der Waals surface area contributed by atoms with Crippen molar-refractivity contribution in [3.05, 3.63) is 65.9 Å². The highest BCUT2D eigenvalue weighted by Gasteiger charge is 2.14. The second kappa shape index (κ2) is 9.13. The topological polar surface area (TPSA) is 64.5 Å². The zero-order valence-corrected chi connectivity index (χ0v) is 17.7. The van der Waals surface area contributed by atoms with Crippen LogP contribution in [0, 0.1) is 6.92 Å². The van der Waals surface area contributed by atoms with Crippen LogP contribution in [0.25, 0.3) is 11.4 Å². The Kier molecular flexibility index (Phi) is 6.14. The Bertz CT molecular complexity index is 964. The van der Waals surface area contributed by atoms with E-state index in [9.17, 15) is 5.11 Å². The monoisotopic (exact) mass is 403 g/mol. The summed E-state index contributed by atoms with van der Waals surface area (Å²) in [5.74, 6) is 1.87. The maximum absolute atomic E-state index is 9.39. The predicted octanol–water partition coefficient (Wildman–Crippen LogP) is 3.56. The molecular formula is C24H29N5O. The molecule has 0 amide bonds. The number of nitrogens with one attached hydrogen (secondary N) is 1. The van der Waals surface area contributed by atoms with Crippen LogP contribution in [0.2, 0.25) is 0 Å².